The Morgan fingerprint density at radius 3 is 1.21 bits per heavy atom. The summed E-state index contributed by atoms with van der Waals surface area (Å²) in [6.45, 7) is 18.6. The van der Waals surface area contributed by atoms with E-state index in [1.54, 1.807) is 0 Å². The van der Waals surface area contributed by atoms with Crippen LogP contribution in [0, 0.1) is 0 Å². The lowest BCUT2D eigenvalue weighted by molar-refractivity contribution is 0.302. The lowest BCUT2D eigenvalue weighted by Gasteiger charge is -2.43. The molecule has 0 atom stereocenters. The van der Waals surface area contributed by atoms with Gasteiger partial charge in [0, 0.05) is 0 Å². The standard InChI is InChI=1S/C24H34/c1-17(2)19-11-9-13-21(15-19)23(5,6)24(7,8)22-14-10-12-20(16-22)18(3)4/h9-18H,1-8H3. The molecular weight excluding hydrogens is 288 g/mol. The molecule has 0 aliphatic carbocycles. The summed E-state index contributed by atoms with van der Waals surface area (Å²) in [6, 6.07) is 18.3. The Morgan fingerprint density at radius 2 is 0.917 bits per heavy atom. The number of rotatable bonds is 5. The van der Waals surface area contributed by atoms with Crippen molar-refractivity contribution >= 4 is 0 Å². The van der Waals surface area contributed by atoms with E-state index in [1.165, 1.54) is 22.3 Å². The third-order valence-corrected chi connectivity index (χ3v) is 6.11. The second-order valence-corrected chi connectivity index (χ2v) is 8.81. The molecule has 0 N–H and O–H groups in total. The maximum atomic E-state index is 2.40. The van der Waals surface area contributed by atoms with Crippen LogP contribution in [0.15, 0.2) is 48.5 Å². The first kappa shape index (κ1) is 18.8. The largest absolute Gasteiger partial charge is 0.0617 e. The van der Waals surface area contributed by atoms with Crippen LogP contribution < -0.4 is 0 Å². The zero-order valence-corrected chi connectivity index (χ0v) is 16.8. The fourth-order valence-electron chi connectivity index (χ4n) is 3.29. The summed E-state index contributed by atoms with van der Waals surface area (Å²) < 4.78 is 0. The van der Waals surface area contributed by atoms with Crippen molar-refractivity contribution < 1.29 is 0 Å². The van der Waals surface area contributed by atoms with Crippen LogP contribution in [0.5, 0.6) is 0 Å². The first-order valence-electron chi connectivity index (χ1n) is 9.28. The van der Waals surface area contributed by atoms with Gasteiger partial charge in [0.1, 0.15) is 0 Å². The summed E-state index contributed by atoms with van der Waals surface area (Å²) in [6.07, 6.45) is 0. The number of hydrogen-bond donors (Lipinski definition) is 0. The van der Waals surface area contributed by atoms with E-state index in [0.717, 1.165) is 0 Å². The number of hydrogen-bond acceptors (Lipinski definition) is 0. The Morgan fingerprint density at radius 1 is 0.583 bits per heavy atom. The fraction of sp³-hybridized carbons (Fsp3) is 0.500. The first-order chi connectivity index (χ1) is 11.1. The van der Waals surface area contributed by atoms with Crippen molar-refractivity contribution in [2.45, 2.75) is 78.1 Å². The van der Waals surface area contributed by atoms with Gasteiger partial charge in [-0.1, -0.05) is 104 Å². The number of benzene rings is 2. The van der Waals surface area contributed by atoms with E-state index in [4.69, 9.17) is 0 Å². The topological polar surface area (TPSA) is 0 Å². The summed E-state index contributed by atoms with van der Waals surface area (Å²) in [5, 5.41) is 0. The molecule has 24 heavy (non-hydrogen) atoms. The SMILES string of the molecule is CC(C)c1cccc(C(C)(C)C(C)(C)c2cccc(C(C)C)c2)c1. The summed E-state index contributed by atoms with van der Waals surface area (Å²) in [4.78, 5) is 0. The van der Waals surface area contributed by atoms with Crippen molar-refractivity contribution in [1.82, 2.24) is 0 Å². The average molecular weight is 323 g/mol. The molecule has 0 radical (unpaired) electrons. The predicted molar refractivity (Wildman–Crippen MR) is 107 cm³/mol. The molecule has 0 fully saturated rings. The van der Waals surface area contributed by atoms with E-state index in [-0.39, 0.29) is 10.8 Å². The molecule has 0 saturated carbocycles. The van der Waals surface area contributed by atoms with Gasteiger partial charge in [-0.05, 0) is 44.9 Å². The van der Waals surface area contributed by atoms with Gasteiger partial charge in [0.2, 0.25) is 0 Å². The smallest absolute Gasteiger partial charge is 0.00119 e. The van der Waals surface area contributed by atoms with Crippen molar-refractivity contribution in [2.75, 3.05) is 0 Å². The van der Waals surface area contributed by atoms with E-state index < -0.39 is 0 Å². The Kier molecular flexibility index (Phi) is 5.28. The zero-order valence-electron chi connectivity index (χ0n) is 16.8. The Hall–Kier alpha value is -1.56. The maximum Gasteiger partial charge on any atom is -0.00119 e. The summed E-state index contributed by atoms with van der Waals surface area (Å²) in [5.41, 5.74) is 5.79. The van der Waals surface area contributed by atoms with Crippen LogP contribution in [0.3, 0.4) is 0 Å². The van der Waals surface area contributed by atoms with Crippen molar-refractivity contribution in [3.8, 4) is 0 Å². The van der Waals surface area contributed by atoms with E-state index >= 15 is 0 Å². The van der Waals surface area contributed by atoms with Crippen LogP contribution in [-0.2, 0) is 10.8 Å². The highest BCUT2D eigenvalue weighted by Crippen LogP contribution is 2.44. The quantitative estimate of drug-likeness (QED) is 0.546. The summed E-state index contributed by atoms with van der Waals surface area (Å²) in [5.74, 6) is 1.13. The highest BCUT2D eigenvalue weighted by atomic mass is 14.4. The van der Waals surface area contributed by atoms with E-state index in [0.29, 0.717) is 11.8 Å². The Bertz CT molecular complexity index is 625. The van der Waals surface area contributed by atoms with E-state index in [2.05, 4.69) is 104 Å². The van der Waals surface area contributed by atoms with Crippen molar-refractivity contribution in [2.24, 2.45) is 0 Å². The fourth-order valence-corrected chi connectivity index (χ4v) is 3.29. The zero-order chi connectivity index (χ0) is 18.1. The molecule has 130 valence electrons. The van der Waals surface area contributed by atoms with Crippen molar-refractivity contribution in [3.63, 3.8) is 0 Å². The minimum absolute atomic E-state index is 0.0491. The molecule has 0 aromatic heterocycles. The molecule has 0 amide bonds. The Balaban J connectivity index is 2.50. The second-order valence-electron chi connectivity index (χ2n) is 8.81. The lowest BCUT2D eigenvalue weighted by atomic mass is 9.60. The van der Waals surface area contributed by atoms with Gasteiger partial charge in [-0.15, -0.1) is 0 Å². The van der Waals surface area contributed by atoms with Crippen LogP contribution in [0.25, 0.3) is 0 Å². The monoisotopic (exact) mass is 322 g/mol. The van der Waals surface area contributed by atoms with E-state index in [9.17, 15) is 0 Å². The highest BCUT2D eigenvalue weighted by molar-refractivity contribution is 5.40. The molecule has 0 unspecified atom stereocenters. The molecular formula is C24H34. The van der Waals surface area contributed by atoms with Gasteiger partial charge in [0.25, 0.3) is 0 Å². The first-order valence-corrected chi connectivity index (χ1v) is 9.28. The molecule has 0 saturated heterocycles. The van der Waals surface area contributed by atoms with Gasteiger partial charge >= 0.3 is 0 Å². The second kappa shape index (κ2) is 6.75. The van der Waals surface area contributed by atoms with Crippen LogP contribution in [0.2, 0.25) is 0 Å². The molecule has 0 aliphatic heterocycles. The normalized spacial score (nSPS) is 12.9. The molecule has 2 aromatic carbocycles. The summed E-state index contributed by atoms with van der Waals surface area (Å²) in [7, 11) is 0. The van der Waals surface area contributed by atoms with Crippen molar-refractivity contribution in [1.29, 1.82) is 0 Å². The minimum atomic E-state index is 0.0491. The van der Waals surface area contributed by atoms with Crippen molar-refractivity contribution in [3.05, 3.63) is 70.8 Å². The molecule has 0 bridgehead atoms. The predicted octanol–water partition coefficient (Wildman–Crippen LogP) is 7.19. The molecule has 0 spiro atoms. The maximum absolute atomic E-state index is 2.40. The van der Waals surface area contributed by atoms with Gasteiger partial charge in [0.15, 0.2) is 0 Å². The highest BCUT2D eigenvalue weighted by Gasteiger charge is 2.39. The average Bonchev–Trinajstić information content (AvgIpc) is 2.54. The lowest BCUT2D eigenvalue weighted by Crippen LogP contribution is -2.40. The van der Waals surface area contributed by atoms with Crippen LogP contribution in [-0.4, -0.2) is 0 Å². The molecule has 2 rings (SSSR count). The molecule has 0 heteroatoms. The molecule has 0 aliphatic rings. The van der Waals surface area contributed by atoms with Crippen LogP contribution >= 0.6 is 0 Å². The van der Waals surface area contributed by atoms with Crippen LogP contribution in [0.1, 0.15) is 89.5 Å². The van der Waals surface area contributed by atoms with E-state index in [1.807, 2.05) is 0 Å². The summed E-state index contributed by atoms with van der Waals surface area (Å²) >= 11 is 0. The third kappa shape index (κ3) is 3.43. The third-order valence-electron chi connectivity index (χ3n) is 6.11. The van der Waals surface area contributed by atoms with Gasteiger partial charge in [-0.25, -0.2) is 0 Å². The Labute approximate surface area is 149 Å². The van der Waals surface area contributed by atoms with Gasteiger partial charge in [-0.3, -0.25) is 0 Å². The van der Waals surface area contributed by atoms with Crippen LogP contribution in [0.4, 0.5) is 0 Å². The van der Waals surface area contributed by atoms with Gasteiger partial charge < -0.3 is 0 Å². The molecule has 0 nitrogen and oxygen atoms in total. The molecule has 0 heterocycles. The van der Waals surface area contributed by atoms with Gasteiger partial charge in [-0.2, -0.15) is 0 Å². The molecule has 2 aromatic rings. The van der Waals surface area contributed by atoms with Gasteiger partial charge in [0.05, 0.1) is 0 Å². The minimum Gasteiger partial charge on any atom is -0.0617 e.